The number of likely N-dealkylation sites (tertiary alicyclic amines) is 1. The summed E-state index contributed by atoms with van der Waals surface area (Å²) in [6.45, 7) is 7.43. The van der Waals surface area contributed by atoms with Gasteiger partial charge in [-0.05, 0) is 69.7 Å². The minimum atomic E-state index is -0.0388. The summed E-state index contributed by atoms with van der Waals surface area (Å²) in [7, 11) is 0. The standard InChI is InChI=1S/C22H33N5O2/c1-15-13-18-19(16-5-11-29-12-6-16)14-24-21(20(18)26-22(15)28)25-17-3-9-27(10-4-17)8-2-7-23/h13-14,16-17H,2-12,23H2,1H3,(H,24,25)(H,26,28). The minimum Gasteiger partial charge on any atom is -0.381 e. The van der Waals surface area contributed by atoms with E-state index in [4.69, 9.17) is 15.5 Å². The molecule has 2 aromatic rings. The average Bonchev–Trinajstić information content (AvgIpc) is 2.75. The Balaban J connectivity index is 1.57. The molecule has 2 aliphatic rings. The number of nitrogens with zero attached hydrogens (tertiary/aromatic N) is 2. The molecule has 0 radical (unpaired) electrons. The van der Waals surface area contributed by atoms with Gasteiger partial charge in [-0.1, -0.05) is 0 Å². The van der Waals surface area contributed by atoms with Gasteiger partial charge in [-0.3, -0.25) is 4.79 Å². The van der Waals surface area contributed by atoms with Crippen molar-refractivity contribution >= 4 is 16.7 Å². The first-order chi connectivity index (χ1) is 14.2. The van der Waals surface area contributed by atoms with Crippen LogP contribution in [0.4, 0.5) is 5.82 Å². The SMILES string of the molecule is Cc1cc2c(C3CCOCC3)cnc(NC3CCN(CCCN)CC3)c2[nH]c1=O. The lowest BCUT2D eigenvalue weighted by Crippen LogP contribution is -2.40. The van der Waals surface area contributed by atoms with Crippen LogP contribution in [0.1, 0.15) is 49.1 Å². The number of nitrogens with one attached hydrogen (secondary N) is 2. The van der Waals surface area contributed by atoms with Gasteiger partial charge in [0.15, 0.2) is 5.82 Å². The number of aromatic nitrogens is 2. The predicted octanol–water partition coefficient (Wildman–Crippen LogP) is 2.35. The Labute approximate surface area is 172 Å². The highest BCUT2D eigenvalue weighted by atomic mass is 16.5. The van der Waals surface area contributed by atoms with Gasteiger partial charge in [-0.25, -0.2) is 4.98 Å². The monoisotopic (exact) mass is 399 g/mol. The van der Waals surface area contributed by atoms with Gasteiger partial charge >= 0.3 is 0 Å². The third-order valence-corrected chi connectivity index (χ3v) is 6.38. The molecule has 0 unspecified atom stereocenters. The largest absolute Gasteiger partial charge is 0.381 e. The molecule has 0 aromatic carbocycles. The molecule has 0 amide bonds. The predicted molar refractivity (Wildman–Crippen MR) is 117 cm³/mol. The number of ether oxygens (including phenoxy) is 1. The summed E-state index contributed by atoms with van der Waals surface area (Å²) >= 11 is 0. The van der Waals surface area contributed by atoms with E-state index in [-0.39, 0.29) is 5.56 Å². The van der Waals surface area contributed by atoms with Crippen molar-refractivity contribution in [3.8, 4) is 0 Å². The maximum Gasteiger partial charge on any atom is 0.251 e. The summed E-state index contributed by atoms with van der Waals surface area (Å²) in [6.07, 6.45) is 7.22. The highest BCUT2D eigenvalue weighted by molar-refractivity contribution is 5.91. The minimum absolute atomic E-state index is 0.0388. The number of anilines is 1. The first-order valence-electron chi connectivity index (χ1n) is 10.9. The molecular formula is C22H33N5O2. The molecule has 2 aromatic heterocycles. The zero-order valence-corrected chi connectivity index (χ0v) is 17.4. The molecule has 7 heteroatoms. The lowest BCUT2D eigenvalue weighted by Gasteiger charge is -2.32. The van der Waals surface area contributed by atoms with Crippen molar-refractivity contribution in [3.63, 3.8) is 0 Å². The highest BCUT2D eigenvalue weighted by Crippen LogP contribution is 2.34. The fourth-order valence-corrected chi connectivity index (χ4v) is 4.57. The molecule has 0 saturated carbocycles. The smallest absolute Gasteiger partial charge is 0.251 e. The number of aromatic amines is 1. The van der Waals surface area contributed by atoms with Crippen molar-refractivity contribution in [3.05, 3.63) is 33.7 Å². The van der Waals surface area contributed by atoms with Gasteiger partial charge in [-0.15, -0.1) is 0 Å². The molecule has 29 heavy (non-hydrogen) atoms. The van der Waals surface area contributed by atoms with Crippen LogP contribution in [-0.4, -0.2) is 60.3 Å². The molecule has 2 aliphatic heterocycles. The lowest BCUT2D eigenvalue weighted by molar-refractivity contribution is 0.0855. The van der Waals surface area contributed by atoms with Gasteiger partial charge in [0.25, 0.3) is 5.56 Å². The van der Waals surface area contributed by atoms with Crippen molar-refractivity contribution in [1.82, 2.24) is 14.9 Å². The van der Waals surface area contributed by atoms with E-state index in [2.05, 4.69) is 15.2 Å². The third-order valence-electron chi connectivity index (χ3n) is 6.38. The van der Waals surface area contributed by atoms with Gasteiger partial charge in [-0.2, -0.15) is 0 Å². The van der Waals surface area contributed by atoms with E-state index in [0.29, 0.717) is 12.0 Å². The topological polar surface area (TPSA) is 96.3 Å². The van der Waals surface area contributed by atoms with Crippen LogP contribution in [0.15, 0.2) is 17.1 Å². The Bertz CT molecular complexity index is 883. The number of rotatable bonds is 6. The van der Waals surface area contributed by atoms with Gasteiger partial charge in [0, 0.05) is 49.5 Å². The van der Waals surface area contributed by atoms with E-state index in [9.17, 15) is 4.79 Å². The Morgan fingerprint density at radius 1 is 1.28 bits per heavy atom. The van der Waals surface area contributed by atoms with Crippen molar-refractivity contribution < 1.29 is 4.74 Å². The molecular weight excluding hydrogens is 366 g/mol. The Kier molecular flexibility index (Phi) is 6.47. The van der Waals surface area contributed by atoms with Crippen LogP contribution in [0, 0.1) is 6.92 Å². The first-order valence-corrected chi connectivity index (χ1v) is 10.9. The molecule has 158 valence electrons. The maximum absolute atomic E-state index is 12.4. The average molecular weight is 400 g/mol. The van der Waals surface area contributed by atoms with E-state index >= 15 is 0 Å². The summed E-state index contributed by atoms with van der Waals surface area (Å²) in [5.74, 6) is 1.23. The second-order valence-electron chi connectivity index (χ2n) is 8.42. The van der Waals surface area contributed by atoms with Crippen LogP contribution < -0.4 is 16.6 Å². The Morgan fingerprint density at radius 2 is 2.03 bits per heavy atom. The fraction of sp³-hybridized carbons (Fsp3) is 0.636. The van der Waals surface area contributed by atoms with Crippen molar-refractivity contribution in [2.24, 2.45) is 5.73 Å². The number of H-pyrrole nitrogens is 1. The van der Waals surface area contributed by atoms with Crippen LogP contribution in [0.5, 0.6) is 0 Å². The zero-order chi connectivity index (χ0) is 20.2. The van der Waals surface area contributed by atoms with E-state index < -0.39 is 0 Å². The van der Waals surface area contributed by atoms with E-state index in [1.165, 1.54) is 5.56 Å². The molecule has 0 spiro atoms. The molecule has 4 N–H and O–H groups in total. The number of piperidine rings is 1. The van der Waals surface area contributed by atoms with Crippen molar-refractivity contribution in [1.29, 1.82) is 0 Å². The zero-order valence-electron chi connectivity index (χ0n) is 17.4. The number of hydrogen-bond acceptors (Lipinski definition) is 6. The molecule has 4 heterocycles. The van der Waals surface area contributed by atoms with Crippen molar-refractivity contribution in [2.45, 2.75) is 51.0 Å². The molecule has 0 bridgehead atoms. The van der Waals surface area contributed by atoms with Crippen LogP contribution in [0.25, 0.3) is 10.9 Å². The number of fused-ring (bicyclic) bond motifs is 1. The summed E-state index contributed by atoms with van der Waals surface area (Å²) in [6, 6.07) is 2.40. The Hall–Kier alpha value is -1.96. The highest BCUT2D eigenvalue weighted by Gasteiger charge is 2.23. The number of nitrogens with two attached hydrogens (primary N) is 1. The molecule has 0 aliphatic carbocycles. The third kappa shape index (κ3) is 4.63. The van der Waals surface area contributed by atoms with Gasteiger partial charge in [0.05, 0.1) is 5.52 Å². The van der Waals surface area contributed by atoms with Gasteiger partial charge in [0.2, 0.25) is 0 Å². The van der Waals surface area contributed by atoms with Gasteiger partial charge < -0.3 is 25.7 Å². The number of hydrogen-bond donors (Lipinski definition) is 3. The fourth-order valence-electron chi connectivity index (χ4n) is 4.57. The first kappa shape index (κ1) is 20.3. The normalized spacial score (nSPS) is 19.7. The van der Waals surface area contributed by atoms with Crippen LogP contribution in [0.2, 0.25) is 0 Å². The molecule has 0 atom stereocenters. The molecule has 2 fully saturated rings. The summed E-state index contributed by atoms with van der Waals surface area (Å²) in [4.78, 5) is 22.7. The number of pyridine rings is 2. The second-order valence-corrected chi connectivity index (χ2v) is 8.42. The summed E-state index contributed by atoms with van der Waals surface area (Å²) in [5, 5.41) is 4.74. The van der Waals surface area contributed by atoms with Crippen molar-refractivity contribution in [2.75, 3.05) is 44.7 Å². The molecule has 7 nitrogen and oxygen atoms in total. The summed E-state index contributed by atoms with van der Waals surface area (Å²) in [5.41, 5.74) is 8.41. The molecule has 4 rings (SSSR count). The van der Waals surface area contributed by atoms with Crippen LogP contribution in [0.3, 0.4) is 0 Å². The quantitative estimate of drug-likeness (QED) is 0.690. The lowest BCUT2D eigenvalue weighted by atomic mass is 9.90. The van der Waals surface area contributed by atoms with Crippen LogP contribution >= 0.6 is 0 Å². The van der Waals surface area contributed by atoms with E-state index in [1.807, 2.05) is 19.2 Å². The van der Waals surface area contributed by atoms with E-state index in [0.717, 1.165) is 93.8 Å². The second kappa shape index (κ2) is 9.24. The van der Waals surface area contributed by atoms with Crippen LogP contribution in [-0.2, 0) is 4.74 Å². The Morgan fingerprint density at radius 3 is 2.76 bits per heavy atom. The molecule has 2 saturated heterocycles. The maximum atomic E-state index is 12.4. The van der Waals surface area contributed by atoms with Gasteiger partial charge in [0.1, 0.15) is 0 Å². The van der Waals surface area contributed by atoms with E-state index in [1.54, 1.807) is 0 Å². The summed E-state index contributed by atoms with van der Waals surface area (Å²) < 4.78 is 5.53. The number of aryl methyl sites for hydroxylation is 1.